The van der Waals surface area contributed by atoms with Gasteiger partial charge in [0.05, 0.1) is 10.6 Å². The van der Waals surface area contributed by atoms with Crippen LogP contribution in [-0.4, -0.2) is 30.4 Å². The second kappa shape index (κ2) is 4.58. The Morgan fingerprint density at radius 1 is 1.41 bits per heavy atom. The predicted octanol–water partition coefficient (Wildman–Crippen LogP) is 1.12. The molecule has 1 aromatic rings. The lowest BCUT2D eigenvalue weighted by Gasteiger charge is -2.06. The first kappa shape index (κ1) is 13.2. The molecule has 2 N–H and O–H groups in total. The molecular formula is C11H12O5S. The molecule has 1 rings (SSSR count). The van der Waals surface area contributed by atoms with Crippen molar-refractivity contribution in [1.29, 1.82) is 0 Å². The van der Waals surface area contributed by atoms with Crippen molar-refractivity contribution < 1.29 is 23.4 Å². The minimum Gasteiger partial charge on any atom is -0.508 e. The zero-order valence-electron chi connectivity index (χ0n) is 9.17. The van der Waals surface area contributed by atoms with Gasteiger partial charge in [0.25, 0.3) is 0 Å². The molecule has 0 radical (unpaired) electrons. The van der Waals surface area contributed by atoms with Gasteiger partial charge in [0, 0.05) is 5.57 Å². The van der Waals surface area contributed by atoms with Gasteiger partial charge in [-0.15, -0.1) is 0 Å². The summed E-state index contributed by atoms with van der Waals surface area (Å²) in [6.45, 7) is 4.79. The van der Waals surface area contributed by atoms with Crippen LogP contribution < -0.4 is 0 Å². The highest BCUT2D eigenvalue weighted by atomic mass is 32.2. The molecule has 92 valence electrons. The Hall–Kier alpha value is -1.82. The van der Waals surface area contributed by atoms with Crippen molar-refractivity contribution in [2.45, 2.75) is 11.8 Å². The number of hydrogen-bond donors (Lipinski definition) is 2. The molecule has 17 heavy (non-hydrogen) atoms. The van der Waals surface area contributed by atoms with E-state index in [0.717, 1.165) is 6.07 Å². The molecule has 0 aliphatic rings. The fraction of sp³-hybridized carbons (Fsp3) is 0.182. The Morgan fingerprint density at radius 2 is 2.00 bits per heavy atom. The molecule has 0 heterocycles. The van der Waals surface area contributed by atoms with Gasteiger partial charge in [0.2, 0.25) is 0 Å². The minimum atomic E-state index is -3.78. The SMILES string of the molecule is C=C(CS(=O)(=O)c1ccc(C)c(O)c1)C(=O)O. The van der Waals surface area contributed by atoms with Gasteiger partial charge in [-0.05, 0) is 24.6 Å². The van der Waals surface area contributed by atoms with E-state index >= 15 is 0 Å². The summed E-state index contributed by atoms with van der Waals surface area (Å²) in [7, 11) is -3.78. The number of phenols is 1. The van der Waals surface area contributed by atoms with Crippen LogP contribution >= 0.6 is 0 Å². The molecule has 0 saturated carbocycles. The first-order chi connectivity index (χ1) is 7.74. The van der Waals surface area contributed by atoms with Crippen molar-refractivity contribution in [2.75, 3.05) is 5.75 Å². The molecule has 0 aliphatic carbocycles. The Balaban J connectivity index is 3.10. The standard InChI is InChI=1S/C11H12O5S/c1-7-3-4-9(5-10(7)12)17(15,16)6-8(2)11(13)14/h3-5,12H,2,6H2,1H3,(H,13,14). The van der Waals surface area contributed by atoms with Crippen molar-refractivity contribution in [1.82, 2.24) is 0 Å². The van der Waals surface area contributed by atoms with Crippen LogP contribution in [0, 0.1) is 6.92 Å². The van der Waals surface area contributed by atoms with Crippen LogP contribution in [0.2, 0.25) is 0 Å². The first-order valence-electron chi connectivity index (χ1n) is 4.67. The summed E-state index contributed by atoms with van der Waals surface area (Å²) in [6.07, 6.45) is 0. The largest absolute Gasteiger partial charge is 0.508 e. The fourth-order valence-corrected chi connectivity index (χ4v) is 2.47. The quantitative estimate of drug-likeness (QED) is 0.787. The average Bonchev–Trinajstić information content (AvgIpc) is 2.21. The number of rotatable bonds is 4. The number of sulfone groups is 1. The van der Waals surface area contributed by atoms with Crippen LogP contribution in [0.25, 0.3) is 0 Å². The lowest BCUT2D eigenvalue weighted by Crippen LogP contribution is -2.13. The van der Waals surface area contributed by atoms with E-state index in [2.05, 4.69) is 6.58 Å². The summed E-state index contributed by atoms with van der Waals surface area (Å²) in [4.78, 5) is 10.4. The fourth-order valence-electron chi connectivity index (χ4n) is 1.16. The van der Waals surface area contributed by atoms with Crippen LogP contribution in [0.1, 0.15) is 5.56 Å². The second-order valence-corrected chi connectivity index (χ2v) is 5.61. The van der Waals surface area contributed by atoms with Crippen LogP contribution in [0.5, 0.6) is 5.75 Å². The molecule has 0 aromatic heterocycles. The average molecular weight is 256 g/mol. The van der Waals surface area contributed by atoms with Crippen LogP contribution in [-0.2, 0) is 14.6 Å². The monoisotopic (exact) mass is 256 g/mol. The Bertz CT molecular complexity index is 572. The highest BCUT2D eigenvalue weighted by molar-refractivity contribution is 7.91. The van der Waals surface area contributed by atoms with E-state index in [1.807, 2.05) is 0 Å². The summed E-state index contributed by atoms with van der Waals surface area (Å²) >= 11 is 0. The van der Waals surface area contributed by atoms with Gasteiger partial charge in [0.1, 0.15) is 5.75 Å². The number of hydrogen-bond acceptors (Lipinski definition) is 4. The molecule has 1 aromatic carbocycles. The molecule has 0 amide bonds. The maximum absolute atomic E-state index is 11.8. The van der Waals surface area contributed by atoms with Gasteiger partial charge in [-0.3, -0.25) is 0 Å². The molecule has 6 heteroatoms. The van der Waals surface area contributed by atoms with E-state index in [4.69, 9.17) is 5.11 Å². The number of aryl methyl sites for hydroxylation is 1. The summed E-state index contributed by atoms with van der Waals surface area (Å²) in [5.41, 5.74) is 0.131. The first-order valence-corrected chi connectivity index (χ1v) is 6.32. The maximum Gasteiger partial charge on any atom is 0.332 e. The van der Waals surface area contributed by atoms with E-state index in [9.17, 15) is 18.3 Å². The van der Waals surface area contributed by atoms with Crippen molar-refractivity contribution in [3.05, 3.63) is 35.9 Å². The number of benzene rings is 1. The molecule has 0 saturated heterocycles. The zero-order valence-corrected chi connectivity index (χ0v) is 9.99. The van der Waals surface area contributed by atoms with E-state index in [0.29, 0.717) is 5.56 Å². The topological polar surface area (TPSA) is 91.7 Å². The van der Waals surface area contributed by atoms with Crippen molar-refractivity contribution in [2.24, 2.45) is 0 Å². The van der Waals surface area contributed by atoms with E-state index in [1.165, 1.54) is 12.1 Å². The third kappa shape index (κ3) is 3.07. The summed E-state index contributed by atoms with van der Waals surface area (Å²) in [5, 5.41) is 18.0. The molecule has 5 nitrogen and oxygen atoms in total. The lowest BCUT2D eigenvalue weighted by atomic mass is 10.2. The van der Waals surface area contributed by atoms with Gasteiger partial charge in [-0.2, -0.15) is 0 Å². The van der Waals surface area contributed by atoms with Gasteiger partial charge in [-0.1, -0.05) is 12.6 Å². The number of aromatic hydroxyl groups is 1. The van der Waals surface area contributed by atoms with Crippen LogP contribution in [0.4, 0.5) is 0 Å². The zero-order chi connectivity index (χ0) is 13.2. The number of carbonyl (C=O) groups is 1. The Labute approximate surface area is 98.9 Å². The van der Waals surface area contributed by atoms with Gasteiger partial charge in [-0.25, -0.2) is 13.2 Å². The second-order valence-electron chi connectivity index (χ2n) is 3.62. The van der Waals surface area contributed by atoms with E-state index in [-0.39, 0.29) is 10.6 Å². The maximum atomic E-state index is 11.8. The van der Waals surface area contributed by atoms with Crippen LogP contribution in [0.15, 0.2) is 35.2 Å². The van der Waals surface area contributed by atoms with Crippen molar-refractivity contribution in [3.8, 4) is 5.75 Å². The van der Waals surface area contributed by atoms with Crippen LogP contribution in [0.3, 0.4) is 0 Å². The van der Waals surface area contributed by atoms with Gasteiger partial charge >= 0.3 is 5.97 Å². The molecule has 0 aliphatic heterocycles. The van der Waals surface area contributed by atoms with Crippen molar-refractivity contribution in [3.63, 3.8) is 0 Å². The highest BCUT2D eigenvalue weighted by Gasteiger charge is 2.20. The molecule has 0 fully saturated rings. The third-order valence-electron chi connectivity index (χ3n) is 2.21. The highest BCUT2D eigenvalue weighted by Crippen LogP contribution is 2.22. The number of aliphatic carboxylic acids is 1. The van der Waals surface area contributed by atoms with Gasteiger partial charge in [0.15, 0.2) is 9.84 Å². The van der Waals surface area contributed by atoms with E-state index in [1.54, 1.807) is 6.92 Å². The lowest BCUT2D eigenvalue weighted by molar-refractivity contribution is -0.132. The summed E-state index contributed by atoms with van der Waals surface area (Å²) < 4.78 is 23.6. The molecule has 0 spiro atoms. The molecule has 0 atom stereocenters. The third-order valence-corrected chi connectivity index (χ3v) is 3.91. The van der Waals surface area contributed by atoms with Crippen molar-refractivity contribution >= 4 is 15.8 Å². The number of carboxylic acids is 1. The summed E-state index contributed by atoms with van der Waals surface area (Å²) in [6, 6.07) is 3.87. The Kier molecular flexibility index (Phi) is 3.57. The molecular weight excluding hydrogens is 244 g/mol. The molecule has 0 unspecified atom stereocenters. The normalized spacial score (nSPS) is 11.1. The summed E-state index contributed by atoms with van der Waals surface area (Å²) in [5.74, 6) is -2.18. The Morgan fingerprint density at radius 3 is 2.47 bits per heavy atom. The van der Waals surface area contributed by atoms with E-state index < -0.39 is 27.1 Å². The number of phenolic OH excluding ortho intramolecular Hbond substituents is 1. The number of carboxylic acid groups (broad SMARTS) is 1. The van der Waals surface area contributed by atoms with Gasteiger partial charge < -0.3 is 10.2 Å². The smallest absolute Gasteiger partial charge is 0.332 e. The minimum absolute atomic E-state index is 0.122. The predicted molar refractivity (Wildman–Crippen MR) is 61.7 cm³/mol. The molecule has 0 bridgehead atoms.